The van der Waals surface area contributed by atoms with Crippen molar-refractivity contribution >= 4 is 11.0 Å². The van der Waals surface area contributed by atoms with Gasteiger partial charge in [-0.25, -0.2) is 0 Å². The van der Waals surface area contributed by atoms with E-state index in [1.807, 2.05) is 0 Å². The molecule has 0 saturated carbocycles. The van der Waals surface area contributed by atoms with E-state index < -0.39 is 23.7 Å². The molecule has 4 nitrogen and oxygen atoms in total. The molecule has 0 bridgehead atoms. The zero-order valence-corrected chi connectivity index (χ0v) is 13.3. The number of hydrogen-bond donors (Lipinski definition) is 0. The van der Waals surface area contributed by atoms with Crippen LogP contribution < -0.4 is 14.5 Å². The standard InChI is InChI=1S/C10H5F4N2O2.CH3.Y/c1-4-15-5-2-7-8(3-6(5)16-4)18-10(13,14)9(11,12)17-7;;/h2-3H,1H3;1H3;/q2*-1;. The van der Waals surface area contributed by atoms with Gasteiger partial charge in [0, 0.05) is 32.7 Å². The Balaban J connectivity index is 0.000001000. The number of aryl methyl sites for hydroxylation is 1. The summed E-state index contributed by atoms with van der Waals surface area (Å²) in [4.78, 5) is 7.85. The summed E-state index contributed by atoms with van der Waals surface area (Å²) < 4.78 is 59.7. The molecule has 0 atom stereocenters. The molecule has 1 aromatic carbocycles. The molecule has 9 heteroatoms. The van der Waals surface area contributed by atoms with Crippen LogP contribution in [0.3, 0.4) is 0 Å². The molecule has 0 spiro atoms. The van der Waals surface area contributed by atoms with Crippen molar-refractivity contribution in [2.75, 3.05) is 0 Å². The first-order valence-corrected chi connectivity index (χ1v) is 4.87. The molecule has 0 unspecified atom stereocenters. The van der Waals surface area contributed by atoms with Gasteiger partial charge < -0.3 is 26.9 Å². The van der Waals surface area contributed by atoms with Gasteiger partial charge in [-0.3, -0.25) is 0 Å². The maximum atomic E-state index is 12.9. The molecule has 20 heavy (non-hydrogen) atoms. The van der Waals surface area contributed by atoms with Crippen molar-refractivity contribution < 1.29 is 59.7 Å². The third-order valence-electron chi connectivity index (χ3n) is 2.42. The average Bonchev–Trinajstić information content (AvgIpc) is 2.55. The van der Waals surface area contributed by atoms with Crippen LogP contribution in [0, 0.1) is 14.4 Å². The Labute approximate surface area is 136 Å². The number of benzene rings is 1. The van der Waals surface area contributed by atoms with Gasteiger partial charge in [0.25, 0.3) is 0 Å². The Morgan fingerprint density at radius 2 is 1.55 bits per heavy atom. The van der Waals surface area contributed by atoms with Crippen molar-refractivity contribution in [3.05, 3.63) is 25.4 Å². The molecule has 3 rings (SSSR count). The largest absolute Gasteiger partial charge is 0.507 e. The first kappa shape index (κ1) is 17.2. The van der Waals surface area contributed by atoms with Crippen LogP contribution in [0.4, 0.5) is 17.6 Å². The van der Waals surface area contributed by atoms with Crippen molar-refractivity contribution in [1.82, 2.24) is 9.97 Å². The van der Waals surface area contributed by atoms with Crippen molar-refractivity contribution in [1.29, 1.82) is 0 Å². The number of ether oxygens (including phenoxy) is 2. The number of hydrogen-bond acceptors (Lipinski definition) is 3. The van der Waals surface area contributed by atoms with Gasteiger partial charge >= 0.3 is 12.2 Å². The number of fused-ring (bicyclic) bond motifs is 2. The molecular weight excluding hydrogens is 357 g/mol. The number of nitrogens with zero attached hydrogens (tertiary/aromatic N) is 2. The third-order valence-corrected chi connectivity index (χ3v) is 2.42. The predicted octanol–water partition coefficient (Wildman–Crippen LogP) is 2.91. The number of imidazole rings is 1. The van der Waals surface area contributed by atoms with Gasteiger partial charge in [-0.2, -0.15) is 17.6 Å². The van der Waals surface area contributed by atoms with Crippen LogP contribution in [-0.2, 0) is 32.7 Å². The maximum Gasteiger partial charge on any atom is 0.507 e. The molecule has 107 valence electrons. The van der Waals surface area contributed by atoms with E-state index in [0.29, 0.717) is 5.82 Å². The minimum atomic E-state index is -4.72. The van der Waals surface area contributed by atoms with Gasteiger partial charge in [0.15, 0.2) is 11.5 Å². The van der Waals surface area contributed by atoms with E-state index in [1.54, 1.807) is 6.92 Å². The molecular formula is C11H8F4N2O2Y-2. The summed E-state index contributed by atoms with van der Waals surface area (Å²) in [5.74, 6) is -0.581. The number of alkyl halides is 4. The van der Waals surface area contributed by atoms with E-state index in [1.165, 1.54) is 0 Å². The second-order valence-electron chi connectivity index (χ2n) is 3.80. The molecule has 0 saturated heterocycles. The normalized spacial score (nSPS) is 18.1. The van der Waals surface area contributed by atoms with E-state index in [4.69, 9.17) is 0 Å². The topological polar surface area (TPSA) is 45.5 Å². The fourth-order valence-corrected chi connectivity index (χ4v) is 1.65. The molecule has 0 N–H and O–H groups in total. The molecule has 1 aromatic heterocycles. The fourth-order valence-electron chi connectivity index (χ4n) is 1.65. The first-order chi connectivity index (χ1) is 8.28. The van der Waals surface area contributed by atoms with Crippen LogP contribution in [-0.4, -0.2) is 17.2 Å². The van der Waals surface area contributed by atoms with E-state index in [-0.39, 0.29) is 51.2 Å². The molecule has 2 heterocycles. The summed E-state index contributed by atoms with van der Waals surface area (Å²) in [7, 11) is 0. The second-order valence-corrected chi connectivity index (χ2v) is 3.80. The summed E-state index contributed by atoms with van der Waals surface area (Å²) in [6.07, 6.45) is -9.44. The molecule has 1 aliphatic rings. The van der Waals surface area contributed by atoms with Crippen molar-refractivity contribution in [2.24, 2.45) is 0 Å². The third kappa shape index (κ3) is 2.51. The van der Waals surface area contributed by atoms with E-state index in [9.17, 15) is 17.6 Å². The minimum Gasteiger partial charge on any atom is -0.440 e. The maximum absolute atomic E-state index is 12.9. The summed E-state index contributed by atoms with van der Waals surface area (Å²) in [5, 5.41) is 0. The molecule has 0 amide bonds. The Bertz CT molecular complexity index is 592. The minimum absolute atomic E-state index is 0. The first-order valence-electron chi connectivity index (χ1n) is 4.87. The zero-order valence-electron chi connectivity index (χ0n) is 10.5. The van der Waals surface area contributed by atoms with Gasteiger partial charge in [0.05, 0.1) is 0 Å². The molecule has 0 fully saturated rings. The molecule has 2 aromatic rings. The smallest absolute Gasteiger partial charge is 0.440 e. The van der Waals surface area contributed by atoms with E-state index in [2.05, 4.69) is 19.4 Å². The monoisotopic (exact) mass is 365 g/mol. The van der Waals surface area contributed by atoms with Crippen LogP contribution >= 0.6 is 0 Å². The Morgan fingerprint density at radius 1 is 1.05 bits per heavy atom. The van der Waals surface area contributed by atoms with Gasteiger partial charge in [0.1, 0.15) is 0 Å². The second kappa shape index (κ2) is 5.14. The number of aromatic nitrogens is 2. The summed E-state index contributed by atoms with van der Waals surface area (Å²) in [6.45, 7) is 1.59. The summed E-state index contributed by atoms with van der Waals surface area (Å²) in [5.41, 5.74) is 0.548. The van der Waals surface area contributed by atoms with Crippen molar-refractivity contribution in [2.45, 2.75) is 19.1 Å². The van der Waals surface area contributed by atoms with E-state index >= 15 is 0 Å². The molecule has 1 radical (unpaired) electrons. The Kier molecular flexibility index (Phi) is 4.42. The Morgan fingerprint density at radius 3 is 2.10 bits per heavy atom. The molecule has 1 aliphatic heterocycles. The van der Waals surface area contributed by atoms with Crippen molar-refractivity contribution in [3.8, 4) is 11.5 Å². The van der Waals surface area contributed by atoms with Crippen LogP contribution in [0.1, 0.15) is 5.82 Å². The quantitative estimate of drug-likeness (QED) is 0.532. The summed E-state index contributed by atoms with van der Waals surface area (Å²) in [6, 6.07) is 2.18. The average molecular weight is 365 g/mol. The predicted molar refractivity (Wildman–Crippen MR) is 57.4 cm³/mol. The number of rotatable bonds is 0. The van der Waals surface area contributed by atoms with Gasteiger partial charge in [-0.1, -0.05) is 5.82 Å². The molecule has 0 aliphatic carbocycles. The van der Waals surface area contributed by atoms with Crippen molar-refractivity contribution in [3.63, 3.8) is 0 Å². The number of halogens is 4. The zero-order chi connectivity index (χ0) is 13.1. The van der Waals surface area contributed by atoms with Gasteiger partial charge in [-0.15, -0.1) is 0 Å². The van der Waals surface area contributed by atoms with Crippen LogP contribution in [0.5, 0.6) is 11.5 Å². The van der Waals surface area contributed by atoms with Crippen LogP contribution in [0.15, 0.2) is 12.1 Å². The SMILES string of the molecule is Cc1nc2cc3c(cc2[n-]1)OC(F)(F)C(F)(F)O3.[CH3-].[Y]. The van der Waals surface area contributed by atoms with Gasteiger partial charge in [0.2, 0.25) is 0 Å². The van der Waals surface area contributed by atoms with Crippen LogP contribution in [0.2, 0.25) is 0 Å². The Hall–Kier alpha value is -0.886. The van der Waals surface area contributed by atoms with Crippen LogP contribution in [0.25, 0.3) is 11.0 Å². The fraction of sp³-hybridized carbons (Fsp3) is 0.273. The van der Waals surface area contributed by atoms with E-state index in [0.717, 1.165) is 12.1 Å². The summed E-state index contributed by atoms with van der Waals surface area (Å²) >= 11 is 0. The van der Waals surface area contributed by atoms with Gasteiger partial charge in [-0.05, 0) is 30.1 Å².